The Morgan fingerprint density at radius 1 is 1.04 bits per heavy atom. The lowest BCUT2D eigenvalue weighted by molar-refractivity contribution is 0.393. The molecule has 0 saturated heterocycles. The maximum absolute atomic E-state index is 5.58. The highest BCUT2D eigenvalue weighted by molar-refractivity contribution is 14.1. The van der Waals surface area contributed by atoms with Crippen LogP contribution in [0, 0.1) is 3.57 Å². The molecule has 0 amide bonds. The molecule has 5 heteroatoms. The molecule has 3 rings (SSSR count). The molecule has 24 heavy (non-hydrogen) atoms. The van der Waals surface area contributed by atoms with Gasteiger partial charge in [0.25, 0.3) is 0 Å². The van der Waals surface area contributed by atoms with Gasteiger partial charge in [-0.2, -0.15) is 5.10 Å². The molecule has 3 aromatic rings. The van der Waals surface area contributed by atoms with Crippen molar-refractivity contribution in [2.24, 2.45) is 0 Å². The SMILES string of the molecule is CCc1cccc(-n2nccc2-c2cc(I)c(OC)cc2OC)c1. The monoisotopic (exact) mass is 434 g/mol. The molecule has 0 atom stereocenters. The van der Waals surface area contributed by atoms with Crippen molar-refractivity contribution in [3.05, 3.63) is 57.8 Å². The molecule has 4 nitrogen and oxygen atoms in total. The topological polar surface area (TPSA) is 36.3 Å². The fourth-order valence-corrected chi connectivity index (χ4v) is 3.37. The maximum Gasteiger partial charge on any atom is 0.135 e. The Morgan fingerprint density at radius 3 is 2.54 bits per heavy atom. The van der Waals surface area contributed by atoms with Crippen LogP contribution in [0.5, 0.6) is 11.5 Å². The smallest absolute Gasteiger partial charge is 0.135 e. The molecule has 0 aliphatic carbocycles. The van der Waals surface area contributed by atoms with Gasteiger partial charge in [-0.05, 0) is 58.8 Å². The highest BCUT2D eigenvalue weighted by atomic mass is 127. The molecule has 0 bridgehead atoms. The van der Waals surface area contributed by atoms with E-state index in [1.807, 2.05) is 23.0 Å². The summed E-state index contributed by atoms with van der Waals surface area (Å²) < 4.78 is 13.9. The molecular formula is C19H19IN2O2. The van der Waals surface area contributed by atoms with Gasteiger partial charge in [0.15, 0.2) is 0 Å². The number of methoxy groups -OCH3 is 2. The number of halogens is 1. The second kappa shape index (κ2) is 7.25. The molecule has 2 aromatic carbocycles. The van der Waals surface area contributed by atoms with Crippen molar-refractivity contribution < 1.29 is 9.47 Å². The summed E-state index contributed by atoms with van der Waals surface area (Å²) in [7, 11) is 3.33. The fourth-order valence-electron chi connectivity index (χ4n) is 2.68. The minimum absolute atomic E-state index is 0.765. The number of hydrogen-bond acceptors (Lipinski definition) is 3. The first kappa shape index (κ1) is 16.8. The van der Waals surface area contributed by atoms with Gasteiger partial charge in [0, 0.05) is 11.6 Å². The van der Waals surface area contributed by atoms with Crippen molar-refractivity contribution in [2.45, 2.75) is 13.3 Å². The number of nitrogens with zero attached hydrogens (tertiary/aromatic N) is 2. The highest BCUT2D eigenvalue weighted by Crippen LogP contribution is 2.37. The lowest BCUT2D eigenvalue weighted by Gasteiger charge is -2.14. The van der Waals surface area contributed by atoms with E-state index in [2.05, 4.69) is 64.9 Å². The third-order valence-electron chi connectivity index (χ3n) is 3.96. The van der Waals surface area contributed by atoms with Gasteiger partial charge in [-0.3, -0.25) is 0 Å². The Balaban J connectivity index is 2.15. The van der Waals surface area contributed by atoms with Crippen LogP contribution in [0.4, 0.5) is 0 Å². The number of aromatic nitrogens is 2. The van der Waals surface area contributed by atoms with E-state index in [-0.39, 0.29) is 0 Å². The number of hydrogen-bond donors (Lipinski definition) is 0. The molecule has 0 unspecified atom stereocenters. The van der Waals surface area contributed by atoms with E-state index in [9.17, 15) is 0 Å². The summed E-state index contributed by atoms with van der Waals surface area (Å²) in [5.74, 6) is 1.57. The van der Waals surface area contributed by atoms with Crippen molar-refractivity contribution in [2.75, 3.05) is 14.2 Å². The standard InChI is InChI=1S/C19H19IN2O2/c1-4-13-6-5-7-14(10-13)22-17(8-9-21-22)15-11-16(20)19(24-3)12-18(15)23-2/h5-12H,4H2,1-3H3. The molecule has 0 N–H and O–H groups in total. The second-order valence-electron chi connectivity index (χ2n) is 5.34. The molecule has 1 heterocycles. The summed E-state index contributed by atoms with van der Waals surface area (Å²) in [4.78, 5) is 0. The number of rotatable bonds is 5. The largest absolute Gasteiger partial charge is 0.496 e. The summed E-state index contributed by atoms with van der Waals surface area (Å²) in [5.41, 5.74) is 4.30. The van der Waals surface area contributed by atoms with Crippen LogP contribution in [-0.2, 0) is 6.42 Å². The van der Waals surface area contributed by atoms with Crippen LogP contribution in [-0.4, -0.2) is 24.0 Å². The van der Waals surface area contributed by atoms with E-state index >= 15 is 0 Å². The van der Waals surface area contributed by atoms with Crippen LogP contribution in [0.15, 0.2) is 48.7 Å². The Morgan fingerprint density at radius 2 is 1.83 bits per heavy atom. The minimum atomic E-state index is 0.765. The normalized spacial score (nSPS) is 10.7. The molecule has 0 radical (unpaired) electrons. The average Bonchev–Trinajstić information content (AvgIpc) is 3.11. The van der Waals surface area contributed by atoms with Crippen LogP contribution < -0.4 is 9.47 Å². The van der Waals surface area contributed by atoms with Gasteiger partial charge >= 0.3 is 0 Å². The summed E-state index contributed by atoms with van der Waals surface area (Å²) >= 11 is 2.27. The van der Waals surface area contributed by atoms with Gasteiger partial charge in [0.1, 0.15) is 11.5 Å². The second-order valence-corrected chi connectivity index (χ2v) is 6.50. The minimum Gasteiger partial charge on any atom is -0.496 e. The van der Waals surface area contributed by atoms with Crippen molar-refractivity contribution in [3.8, 4) is 28.4 Å². The summed E-state index contributed by atoms with van der Waals surface area (Å²) in [6.07, 6.45) is 2.80. The summed E-state index contributed by atoms with van der Waals surface area (Å²) in [5, 5.41) is 4.51. The first-order valence-electron chi connectivity index (χ1n) is 7.73. The van der Waals surface area contributed by atoms with Crippen molar-refractivity contribution in [1.29, 1.82) is 0 Å². The molecule has 124 valence electrons. The van der Waals surface area contributed by atoms with Crippen LogP contribution >= 0.6 is 22.6 Å². The van der Waals surface area contributed by atoms with E-state index in [1.165, 1.54) is 5.56 Å². The van der Waals surface area contributed by atoms with Gasteiger partial charge in [0.05, 0.1) is 35.4 Å². The van der Waals surface area contributed by atoms with Gasteiger partial charge in [-0.25, -0.2) is 4.68 Å². The molecule has 0 saturated carbocycles. The molecule has 0 spiro atoms. The molecule has 0 aliphatic rings. The zero-order valence-electron chi connectivity index (χ0n) is 13.9. The Kier molecular flexibility index (Phi) is 5.08. The van der Waals surface area contributed by atoms with E-state index in [1.54, 1.807) is 14.2 Å². The molecular weight excluding hydrogens is 415 g/mol. The first-order valence-corrected chi connectivity index (χ1v) is 8.81. The predicted molar refractivity (Wildman–Crippen MR) is 104 cm³/mol. The Labute approximate surface area is 155 Å². The van der Waals surface area contributed by atoms with Gasteiger partial charge in [0.2, 0.25) is 0 Å². The third kappa shape index (κ3) is 3.13. The van der Waals surface area contributed by atoms with E-state index in [0.29, 0.717) is 0 Å². The van der Waals surface area contributed by atoms with Crippen LogP contribution in [0.3, 0.4) is 0 Å². The van der Waals surface area contributed by atoms with Gasteiger partial charge in [-0.15, -0.1) is 0 Å². The van der Waals surface area contributed by atoms with Crippen LogP contribution in [0.25, 0.3) is 16.9 Å². The van der Waals surface area contributed by atoms with Gasteiger partial charge in [-0.1, -0.05) is 19.1 Å². The van der Waals surface area contributed by atoms with Crippen molar-refractivity contribution in [1.82, 2.24) is 9.78 Å². The van der Waals surface area contributed by atoms with Gasteiger partial charge < -0.3 is 9.47 Å². The van der Waals surface area contributed by atoms with Crippen LogP contribution in [0.2, 0.25) is 0 Å². The van der Waals surface area contributed by atoms with E-state index in [4.69, 9.17) is 9.47 Å². The van der Waals surface area contributed by atoms with Crippen molar-refractivity contribution in [3.63, 3.8) is 0 Å². The zero-order chi connectivity index (χ0) is 17.1. The summed E-state index contributed by atoms with van der Waals surface area (Å²) in [6.45, 7) is 2.15. The number of ether oxygens (including phenoxy) is 2. The quantitative estimate of drug-likeness (QED) is 0.546. The first-order chi connectivity index (χ1) is 11.7. The average molecular weight is 434 g/mol. The predicted octanol–water partition coefficient (Wildman–Crippen LogP) is 4.72. The lowest BCUT2D eigenvalue weighted by Crippen LogP contribution is -2.01. The maximum atomic E-state index is 5.58. The van der Waals surface area contributed by atoms with E-state index in [0.717, 1.165) is 38.4 Å². The third-order valence-corrected chi connectivity index (χ3v) is 4.80. The summed E-state index contributed by atoms with van der Waals surface area (Å²) in [6, 6.07) is 14.4. The number of aryl methyl sites for hydroxylation is 1. The fraction of sp³-hybridized carbons (Fsp3) is 0.211. The Hall–Kier alpha value is -2.02. The molecule has 0 fully saturated rings. The Bertz CT molecular complexity index is 858. The van der Waals surface area contributed by atoms with Crippen molar-refractivity contribution >= 4 is 22.6 Å². The lowest BCUT2D eigenvalue weighted by atomic mass is 10.1. The molecule has 1 aromatic heterocycles. The van der Waals surface area contributed by atoms with E-state index < -0.39 is 0 Å². The molecule has 0 aliphatic heterocycles. The highest BCUT2D eigenvalue weighted by Gasteiger charge is 2.16. The number of benzene rings is 2. The van der Waals surface area contributed by atoms with Crippen LogP contribution in [0.1, 0.15) is 12.5 Å². The zero-order valence-corrected chi connectivity index (χ0v) is 16.1.